The maximum atomic E-state index is 5.50. The Balaban J connectivity index is 1.69. The molecule has 94 valence electrons. The third-order valence-corrected chi connectivity index (χ3v) is 3.06. The van der Waals surface area contributed by atoms with E-state index >= 15 is 0 Å². The van der Waals surface area contributed by atoms with Gasteiger partial charge in [-0.25, -0.2) is 0 Å². The van der Waals surface area contributed by atoms with Crippen LogP contribution < -0.4 is 10.1 Å². The second-order valence-electron chi connectivity index (χ2n) is 4.39. The molecule has 1 aliphatic heterocycles. The lowest BCUT2D eigenvalue weighted by molar-refractivity contribution is 0.199. The lowest BCUT2D eigenvalue weighted by atomic mass is 10.0. The van der Waals surface area contributed by atoms with E-state index in [0.717, 1.165) is 44.9 Å². The van der Waals surface area contributed by atoms with E-state index < -0.39 is 0 Å². The number of rotatable bonds is 7. The highest BCUT2D eigenvalue weighted by atomic mass is 16.5. The molecule has 0 saturated heterocycles. The minimum absolute atomic E-state index is 0.788. The van der Waals surface area contributed by atoms with Crippen LogP contribution in [0, 0.1) is 0 Å². The number of methoxy groups -OCH3 is 1. The maximum absolute atomic E-state index is 5.50. The molecule has 17 heavy (non-hydrogen) atoms. The van der Waals surface area contributed by atoms with Crippen molar-refractivity contribution in [2.75, 3.05) is 33.4 Å². The first-order valence-corrected chi connectivity index (χ1v) is 6.34. The maximum Gasteiger partial charge on any atom is 0.122 e. The Labute approximate surface area is 103 Å². The molecule has 0 amide bonds. The van der Waals surface area contributed by atoms with Crippen LogP contribution in [0.3, 0.4) is 0 Å². The van der Waals surface area contributed by atoms with Gasteiger partial charge in [-0.3, -0.25) is 0 Å². The first-order valence-electron chi connectivity index (χ1n) is 6.34. The minimum atomic E-state index is 0.788. The third-order valence-electron chi connectivity index (χ3n) is 3.06. The van der Waals surface area contributed by atoms with Gasteiger partial charge >= 0.3 is 0 Å². The van der Waals surface area contributed by atoms with Crippen molar-refractivity contribution in [1.82, 2.24) is 5.32 Å². The molecule has 1 N–H and O–H groups in total. The van der Waals surface area contributed by atoms with Crippen LogP contribution in [-0.4, -0.2) is 33.4 Å². The summed E-state index contributed by atoms with van der Waals surface area (Å²) < 4.78 is 10.5. The molecule has 0 spiro atoms. The average molecular weight is 235 g/mol. The Bertz CT molecular complexity index is 352. The highest BCUT2D eigenvalue weighted by Crippen LogP contribution is 2.26. The zero-order valence-electron chi connectivity index (χ0n) is 10.5. The van der Waals surface area contributed by atoms with E-state index in [1.54, 1.807) is 7.11 Å². The van der Waals surface area contributed by atoms with Gasteiger partial charge in [0.15, 0.2) is 0 Å². The molecule has 0 saturated carbocycles. The summed E-state index contributed by atoms with van der Waals surface area (Å²) in [5.74, 6) is 1.08. The smallest absolute Gasteiger partial charge is 0.122 e. The summed E-state index contributed by atoms with van der Waals surface area (Å²) in [6.45, 7) is 3.62. The van der Waals surface area contributed by atoms with E-state index in [2.05, 4.69) is 23.5 Å². The van der Waals surface area contributed by atoms with Crippen molar-refractivity contribution in [3.8, 4) is 5.75 Å². The standard InChI is InChI=1S/C14H21NO2/c1-16-10-8-15-7-2-3-12-4-5-14-13(11-12)6-9-17-14/h4-5,11,15H,2-3,6-10H2,1H3. The second-order valence-corrected chi connectivity index (χ2v) is 4.39. The molecule has 1 aromatic carbocycles. The van der Waals surface area contributed by atoms with Gasteiger partial charge in [-0.1, -0.05) is 12.1 Å². The number of hydrogen-bond donors (Lipinski definition) is 1. The summed E-state index contributed by atoms with van der Waals surface area (Å²) in [5, 5.41) is 3.36. The van der Waals surface area contributed by atoms with E-state index in [-0.39, 0.29) is 0 Å². The van der Waals surface area contributed by atoms with Crippen molar-refractivity contribution in [2.24, 2.45) is 0 Å². The average Bonchev–Trinajstić information content (AvgIpc) is 2.81. The molecule has 1 aliphatic rings. The number of aryl methyl sites for hydroxylation is 1. The zero-order valence-corrected chi connectivity index (χ0v) is 10.5. The summed E-state index contributed by atoms with van der Waals surface area (Å²) in [6, 6.07) is 6.58. The van der Waals surface area contributed by atoms with Gasteiger partial charge in [0, 0.05) is 20.1 Å². The van der Waals surface area contributed by atoms with Gasteiger partial charge < -0.3 is 14.8 Å². The Kier molecular flexibility index (Phi) is 4.83. The summed E-state index contributed by atoms with van der Waals surface area (Å²) in [7, 11) is 1.73. The van der Waals surface area contributed by atoms with E-state index in [4.69, 9.17) is 9.47 Å². The molecule has 1 heterocycles. The van der Waals surface area contributed by atoms with E-state index in [1.807, 2.05) is 0 Å². The van der Waals surface area contributed by atoms with Gasteiger partial charge in [-0.2, -0.15) is 0 Å². The fourth-order valence-electron chi connectivity index (χ4n) is 2.11. The quantitative estimate of drug-likeness (QED) is 0.731. The van der Waals surface area contributed by atoms with Gasteiger partial charge in [0.1, 0.15) is 5.75 Å². The first-order chi connectivity index (χ1) is 8.40. The van der Waals surface area contributed by atoms with Crippen molar-refractivity contribution in [1.29, 1.82) is 0 Å². The monoisotopic (exact) mass is 235 g/mol. The number of ether oxygens (including phenoxy) is 2. The third kappa shape index (κ3) is 3.72. The van der Waals surface area contributed by atoms with Gasteiger partial charge in [-0.05, 0) is 36.6 Å². The SMILES string of the molecule is COCCNCCCc1ccc2c(c1)CCO2. The molecule has 0 radical (unpaired) electrons. The van der Waals surface area contributed by atoms with Gasteiger partial charge in [-0.15, -0.1) is 0 Å². The van der Waals surface area contributed by atoms with Crippen molar-refractivity contribution in [2.45, 2.75) is 19.3 Å². The summed E-state index contributed by atoms with van der Waals surface area (Å²) in [6.07, 6.45) is 3.37. The fraction of sp³-hybridized carbons (Fsp3) is 0.571. The Morgan fingerprint density at radius 3 is 3.18 bits per heavy atom. The number of nitrogens with one attached hydrogen (secondary N) is 1. The van der Waals surface area contributed by atoms with Gasteiger partial charge in [0.2, 0.25) is 0 Å². The molecule has 3 nitrogen and oxygen atoms in total. The molecular weight excluding hydrogens is 214 g/mol. The van der Waals surface area contributed by atoms with E-state index in [1.165, 1.54) is 17.5 Å². The Hall–Kier alpha value is -1.06. The molecule has 3 heteroatoms. The summed E-state index contributed by atoms with van der Waals surface area (Å²) in [4.78, 5) is 0. The van der Waals surface area contributed by atoms with E-state index in [9.17, 15) is 0 Å². The predicted octanol–water partition coefficient (Wildman–Crippen LogP) is 1.79. The van der Waals surface area contributed by atoms with Crippen LogP contribution in [0.2, 0.25) is 0 Å². The molecular formula is C14H21NO2. The summed E-state index contributed by atoms with van der Waals surface area (Å²) in [5.41, 5.74) is 2.79. The molecule has 2 rings (SSSR count). The van der Waals surface area contributed by atoms with Gasteiger partial charge in [0.05, 0.1) is 13.2 Å². The fourth-order valence-corrected chi connectivity index (χ4v) is 2.11. The molecule has 0 atom stereocenters. The van der Waals surface area contributed by atoms with Crippen LogP contribution in [0.5, 0.6) is 5.75 Å². The minimum Gasteiger partial charge on any atom is -0.493 e. The molecule has 0 unspecified atom stereocenters. The topological polar surface area (TPSA) is 30.5 Å². The van der Waals surface area contributed by atoms with Crippen LogP contribution in [0.4, 0.5) is 0 Å². The van der Waals surface area contributed by atoms with Crippen LogP contribution >= 0.6 is 0 Å². The number of hydrogen-bond acceptors (Lipinski definition) is 3. The van der Waals surface area contributed by atoms with Crippen LogP contribution in [0.25, 0.3) is 0 Å². The largest absolute Gasteiger partial charge is 0.493 e. The van der Waals surface area contributed by atoms with E-state index in [0.29, 0.717) is 0 Å². The molecule has 0 aliphatic carbocycles. The van der Waals surface area contributed by atoms with Crippen molar-refractivity contribution in [3.63, 3.8) is 0 Å². The lowest BCUT2D eigenvalue weighted by Crippen LogP contribution is -2.20. The normalized spacial score (nSPS) is 13.5. The second kappa shape index (κ2) is 6.62. The summed E-state index contributed by atoms with van der Waals surface area (Å²) >= 11 is 0. The molecule has 0 bridgehead atoms. The predicted molar refractivity (Wildman–Crippen MR) is 68.7 cm³/mol. The highest BCUT2D eigenvalue weighted by Gasteiger charge is 2.11. The zero-order chi connectivity index (χ0) is 11.9. The molecule has 1 aromatic rings. The van der Waals surface area contributed by atoms with Crippen molar-refractivity contribution in [3.05, 3.63) is 29.3 Å². The molecule has 0 fully saturated rings. The van der Waals surface area contributed by atoms with Crippen molar-refractivity contribution >= 4 is 0 Å². The van der Waals surface area contributed by atoms with Crippen LogP contribution in [-0.2, 0) is 17.6 Å². The van der Waals surface area contributed by atoms with Crippen LogP contribution in [0.15, 0.2) is 18.2 Å². The Morgan fingerprint density at radius 2 is 2.29 bits per heavy atom. The van der Waals surface area contributed by atoms with Crippen LogP contribution in [0.1, 0.15) is 17.5 Å². The lowest BCUT2D eigenvalue weighted by Gasteiger charge is -2.05. The highest BCUT2D eigenvalue weighted by molar-refractivity contribution is 5.39. The van der Waals surface area contributed by atoms with Gasteiger partial charge in [0.25, 0.3) is 0 Å². The first kappa shape index (κ1) is 12.4. The Morgan fingerprint density at radius 1 is 1.35 bits per heavy atom. The van der Waals surface area contributed by atoms with Crippen molar-refractivity contribution < 1.29 is 9.47 Å². The number of benzene rings is 1. The molecule has 0 aromatic heterocycles. The number of fused-ring (bicyclic) bond motifs is 1.